The number of H-pyrrole nitrogens is 1. The molecule has 0 aliphatic rings. The molecule has 8 nitrogen and oxygen atoms in total. The van der Waals surface area contributed by atoms with Crippen molar-refractivity contribution in [3.63, 3.8) is 0 Å². The van der Waals surface area contributed by atoms with E-state index >= 15 is 0 Å². The van der Waals surface area contributed by atoms with Crippen LogP contribution in [-0.4, -0.2) is 34.5 Å². The zero-order valence-corrected chi connectivity index (χ0v) is 19.8. The van der Waals surface area contributed by atoms with Gasteiger partial charge in [0.2, 0.25) is 0 Å². The molecule has 0 atom stereocenters. The quantitative estimate of drug-likeness (QED) is 0.345. The molecule has 2 N–H and O–H groups in total. The van der Waals surface area contributed by atoms with Crippen LogP contribution in [0, 0.1) is 6.92 Å². The first-order valence-electron chi connectivity index (χ1n) is 11.8. The first-order chi connectivity index (χ1) is 17.7. The van der Waals surface area contributed by atoms with Crippen molar-refractivity contribution in [2.75, 3.05) is 0 Å². The smallest absolute Gasteiger partial charge is 0.155 e. The van der Waals surface area contributed by atoms with Gasteiger partial charge in [-0.25, -0.2) is 14.5 Å². The van der Waals surface area contributed by atoms with Crippen molar-refractivity contribution in [3.05, 3.63) is 109 Å². The molecule has 6 rings (SSSR count). The number of benzene rings is 1. The number of pyridine rings is 3. The maximum atomic E-state index is 4.96. The fraction of sp³-hybridized carbons (Fsp3) is 0.107. The van der Waals surface area contributed by atoms with E-state index in [4.69, 9.17) is 9.97 Å². The van der Waals surface area contributed by atoms with Crippen molar-refractivity contribution in [3.8, 4) is 33.8 Å². The lowest BCUT2D eigenvalue weighted by molar-refractivity contribution is 0.670. The lowest BCUT2D eigenvalue weighted by atomic mass is 10.0. The summed E-state index contributed by atoms with van der Waals surface area (Å²) in [5.41, 5.74) is 8.72. The standard InChI is InChI=1S/C28H24N8/c1-19-6-4-10-24(33-19)28-27(22-11-12-26-31-18-32-36(26)17-22)34-25(35-28)16-30-15-20-7-2-3-9-23(20)21-8-5-13-29-14-21/h2-14,17-18,30H,15-16H2,1H3,(H,34,35). The first kappa shape index (κ1) is 21.8. The minimum Gasteiger partial charge on any atom is -0.339 e. The van der Waals surface area contributed by atoms with Gasteiger partial charge in [-0.2, -0.15) is 5.10 Å². The van der Waals surface area contributed by atoms with E-state index in [9.17, 15) is 0 Å². The number of rotatable bonds is 7. The minimum absolute atomic E-state index is 0.575. The third kappa shape index (κ3) is 4.37. The van der Waals surface area contributed by atoms with E-state index in [0.717, 1.165) is 45.4 Å². The van der Waals surface area contributed by atoms with Crippen LogP contribution in [0.4, 0.5) is 0 Å². The van der Waals surface area contributed by atoms with E-state index in [1.807, 2.05) is 55.7 Å². The van der Waals surface area contributed by atoms with Crippen LogP contribution in [0.15, 0.2) is 91.6 Å². The maximum absolute atomic E-state index is 4.96. The number of hydrogen-bond donors (Lipinski definition) is 2. The Hall–Kier alpha value is -4.69. The molecule has 8 heteroatoms. The van der Waals surface area contributed by atoms with Gasteiger partial charge in [-0.1, -0.05) is 36.4 Å². The molecule has 0 saturated heterocycles. The second-order valence-corrected chi connectivity index (χ2v) is 8.55. The third-order valence-electron chi connectivity index (χ3n) is 6.04. The lowest BCUT2D eigenvalue weighted by Gasteiger charge is -2.10. The number of nitrogens with zero attached hydrogens (tertiary/aromatic N) is 6. The van der Waals surface area contributed by atoms with Crippen molar-refractivity contribution in [2.45, 2.75) is 20.0 Å². The van der Waals surface area contributed by atoms with Crippen molar-refractivity contribution < 1.29 is 0 Å². The number of nitrogens with one attached hydrogen (secondary N) is 2. The monoisotopic (exact) mass is 472 g/mol. The normalized spacial score (nSPS) is 11.2. The molecule has 0 spiro atoms. The van der Waals surface area contributed by atoms with Crippen molar-refractivity contribution >= 4 is 5.65 Å². The Kier molecular flexibility index (Phi) is 5.77. The van der Waals surface area contributed by atoms with E-state index in [-0.39, 0.29) is 0 Å². The lowest BCUT2D eigenvalue weighted by Crippen LogP contribution is -2.14. The summed E-state index contributed by atoms with van der Waals surface area (Å²) in [6, 6.07) is 22.4. The van der Waals surface area contributed by atoms with Crippen LogP contribution in [0.25, 0.3) is 39.4 Å². The summed E-state index contributed by atoms with van der Waals surface area (Å²) in [5, 5.41) is 7.83. The van der Waals surface area contributed by atoms with Gasteiger partial charge in [0.05, 0.1) is 23.6 Å². The van der Waals surface area contributed by atoms with Gasteiger partial charge < -0.3 is 10.3 Å². The fourth-order valence-electron chi connectivity index (χ4n) is 4.33. The second kappa shape index (κ2) is 9.52. The summed E-state index contributed by atoms with van der Waals surface area (Å²) < 4.78 is 1.75. The van der Waals surface area contributed by atoms with Crippen LogP contribution < -0.4 is 5.32 Å². The van der Waals surface area contributed by atoms with Crippen LogP contribution in [0.2, 0.25) is 0 Å². The zero-order chi connectivity index (χ0) is 24.3. The average Bonchev–Trinajstić information content (AvgIpc) is 3.56. The van der Waals surface area contributed by atoms with E-state index in [0.29, 0.717) is 13.1 Å². The Morgan fingerprint density at radius 3 is 2.72 bits per heavy atom. The van der Waals surface area contributed by atoms with E-state index in [1.165, 1.54) is 11.1 Å². The van der Waals surface area contributed by atoms with Gasteiger partial charge >= 0.3 is 0 Å². The Balaban J connectivity index is 1.29. The molecule has 1 aromatic carbocycles. The van der Waals surface area contributed by atoms with Gasteiger partial charge in [0.15, 0.2) is 5.65 Å². The molecule has 5 heterocycles. The molecule has 0 aliphatic carbocycles. The molecule has 0 aliphatic heterocycles. The molecule has 0 unspecified atom stereocenters. The highest BCUT2D eigenvalue weighted by molar-refractivity contribution is 5.77. The summed E-state index contributed by atoms with van der Waals surface area (Å²) in [7, 11) is 0. The number of aryl methyl sites for hydroxylation is 1. The molecule has 5 aromatic heterocycles. The van der Waals surface area contributed by atoms with Gasteiger partial charge in [-0.3, -0.25) is 9.97 Å². The molecule has 0 fully saturated rings. The van der Waals surface area contributed by atoms with E-state index in [2.05, 4.69) is 55.7 Å². The van der Waals surface area contributed by atoms with Gasteiger partial charge in [-0.05, 0) is 48.4 Å². The molecular formula is C28H24N8. The van der Waals surface area contributed by atoms with Crippen LogP contribution in [0.5, 0.6) is 0 Å². The third-order valence-corrected chi connectivity index (χ3v) is 6.04. The molecule has 0 saturated carbocycles. The average molecular weight is 473 g/mol. The van der Waals surface area contributed by atoms with Gasteiger partial charge in [0.1, 0.15) is 12.2 Å². The number of hydrogen-bond acceptors (Lipinski definition) is 6. The van der Waals surface area contributed by atoms with Gasteiger partial charge in [-0.15, -0.1) is 0 Å². The predicted octanol–water partition coefficient (Wildman–Crippen LogP) is 4.84. The summed E-state index contributed by atoms with van der Waals surface area (Å²) in [6.07, 6.45) is 7.18. The Bertz CT molecular complexity index is 1630. The molecule has 176 valence electrons. The van der Waals surface area contributed by atoms with Crippen molar-refractivity contribution in [2.24, 2.45) is 0 Å². The number of aromatic amines is 1. The first-order valence-corrected chi connectivity index (χ1v) is 11.8. The minimum atomic E-state index is 0.575. The fourth-order valence-corrected chi connectivity index (χ4v) is 4.33. The summed E-state index contributed by atoms with van der Waals surface area (Å²) >= 11 is 0. The second-order valence-electron chi connectivity index (χ2n) is 8.55. The van der Waals surface area contributed by atoms with Crippen molar-refractivity contribution in [1.29, 1.82) is 0 Å². The molecule has 0 radical (unpaired) electrons. The SMILES string of the molecule is Cc1cccc(-c2[nH]c(CNCc3ccccc3-c3cccnc3)nc2-c2ccc3ncnn3c2)n1. The van der Waals surface area contributed by atoms with Crippen molar-refractivity contribution in [1.82, 2.24) is 39.9 Å². The van der Waals surface area contributed by atoms with Crippen LogP contribution in [-0.2, 0) is 13.1 Å². The Labute approximate surface area is 208 Å². The largest absolute Gasteiger partial charge is 0.339 e. The summed E-state index contributed by atoms with van der Waals surface area (Å²) in [5.74, 6) is 0.834. The van der Waals surface area contributed by atoms with E-state index < -0.39 is 0 Å². The molecule has 36 heavy (non-hydrogen) atoms. The summed E-state index contributed by atoms with van der Waals surface area (Å²) in [4.78, 5) is 21.7. The molecule has 6 aromatic rings. The number of fused-ring (bicyclic) bond motifs is 1. The highest BCUT2D eigenvalue weighted by Crippen LogP contribution is 2.29. The zero-order valence-electron chi connectivity index (χ0n) is 19.8. The van der Waals surface area contributed by atoms with Crippen LogP contribution in [0.1, 0.15) is 17.1 Å². The van der Waals surface area contributed by atoms with Crippen LogP contribution >= 0.6 is 0 Å². The highest BCUT2D eigenvalue weighted by atomic mass is 15.3. The molecule has 0 amide bonds. The van der Waals surface area contributed by atoms with Gasteiger partial charge in [0, 0.05) is 42.0 Å². The molecule has 0 bridgehead atoms. The highest BCUT2D eigenvalue weighted by Gasteiger charge is 2.16. The number of aromatic nitrogens is 7. The van der Waals surface area contributed by atoms with Crippen LogP contribution in [0.3, 0.4) is 0 Å². The topological polar surface area (TPSA) is 96.7 Å². The summed E-state index contributed by atoms with van der Waals surface area (Å²) in [6.45, 7) is 3.26. The predicted molar refractivity (Wildman–Crippen MR) is 139 cm³/mol. The Morgan fingerprint density at radius 1 is 0.889 bits per heavy atom. The Morgan fingerprint density at radius 2 is 1.83 bits per heavy atom. The maximum Gasteiger partial charge on any atom is 0.155 e. The van der Waals surface area contributed by atoms with E-state index in [1.54, 1.807) is 17.0 Å². The molecular weight excluding hydrogens is 448 g/mol. The number of imidazole rings is 1. The van der Waals surface area contributed by atoms with Gasteiger partial charge in [0.25, 0.3) is 0 Å².